The summed E-state index contributed by atoms with van der Waals surface area (Å²) in [6.45, 7) is 3.22. The summed E-state index contributed by atoms with van der Waals surface area (Å²) in [5.41, 5.74) is 1.89. The molecular weight excluding hydrogens is 335 g/mol. The van der Waals surface area contributed by atoms with Crippen molar-refractivity contribution >= 4 is 17.6 Å². The molecule has 0 aliphatic carbocycles. The van der Waals surface area contributed by atoms with Crippen molar-refractivity contribution in [3.05, 3.63) is 59.4 Å². The van der Waals surface area contributed by atoms with Gasteiger partial charge in [0.2, 0.25) is 5.91 Å². The van der Waals surface area contributed by atoms with Gasteiger partial charge in [-0.05, 0) is 54.8 Å². The molecule has 0 saturated carbocycles. The monoisotopic (exact) mass is 356 g/mol. The van der Waals surface area contributed by atoms with Crippen molar-refractivity contribution in [3.8, 4) is 11.1 Å². The van der Waals surface area contributed by atoms with E-state index in [1.54, 1.807) is 31.2 Å². The van der Waals surface area contributed by atoms with Crippen molar-refractivity contribution in [1.29, 1.82) is 0 Å². The van der Waals surface area contributed by atoms with Gasteiger partial charge in [0.15, 0.2) is 5.78 Å². The maximum atomic E-state index is 13.6. The third-order valence-electron chi connectivity index (χ3n) is 4.10. The molecule has 1 atom stereocenters. The van der Waals surface area contributed by atoms with Gasteiger partial charge in [-0.3, -0.25) is 14.4 Å². The van der Waals surface area contributed by atoms with E-state index in [1.165, 1.54) is 32.2 Å². The van der Waals surface area contributed by atoms with Crippen LogP contribution in [-0.2, 0) is 4.79 Å². The SMILES string of the molecule is CC[C@H](NC(=O)c1ccc(-c2cc(F)ccc2C(C)=O)cc1)C(=O)NC. The van der Waals surface area contributed by atoms with E-state index in [9.17, 15) is 18.8 Å². The maximum absolute atomic E-state index is 13.6. The summed E-state index contributed by atoms with van der Waals surface area (Å²) in [5.74, 6) is -1.25. The summed E-state index contributed by atoms with van der Waals surface area (Å²) in [6.07, 6.45) is 0.467. The highest BCUT2D eigenvalue weighted by atomic mass is 19.1. The predicted molar refractivity (Wildman–Crippen MR) is 97.5 cm³/mol. The molecule has 26 heavy (non-hydrogen) atoms. The second-order valence-corrected chi connectivity index (χ2v) is 5.87. The van der Waals surface area contributed by atoms with Crippen LogP contribution >= 0.6 is 0 Å². The van der Waals surface area contributed by atoms with Gasteiger partial charge in [0.1, 0.15) is 11.9 Å². The molecule has 0 saturated heterocycles. The van der Waals surface area contributed by atoms with Gasteiger partial charge in [0.25, 0.3) is 5.91 Å². The number of amides is 2. The predicted octanol–water partition coefficient (Wildman–Crippen LogP) is 2.95. The molecule has 2 aromatic carbocycles. The second-order valence-electron chi connectivity index (χ2n) is 5.87. The molecular formula is C20H21FN2O3. The number of benzene rings is 2. The second kappa shape index (κ2) is 8.38. The van der Waals surface area contributed by atoms with Crippen LogP contribution in [0.25, 0.3) is 11.1 Å². The van der Waals surface area contributed by atoms with Gasteiger partial charge in [-0.2, -0.15) is 0 Å². The highest BCUT2D eigenvalue weighted by molar-refractivity contribution is 6.01. The van der Waals surface area contributed by atoms with Crippen LogP contribution < -0.4 is 10.6 Å². The number of hydrogen-bond donors (Lipinski definition) is 2. The van der Waals surface area contributed by atoms with Gasteiger partial charge in [0.05, 0.1) is 0 Å². The van der Waals surface area contributed by atoms with Crippen molar-refractivity contribution in [2.75, 3.05) is 7.05 Å². The standard InChI is InChI=1S/C20H21FN2O3/c1-4-18(20(26)22-3)23-19(25)14-7-5-13(6-8-14)17-11-15(21)9-10-16(17)12(2)24/h5-11,18H,4H2,1-3H3,(H,22,26)(H,23,25)/t18-/m0/s1. The molecule has 0 aliphatic heterocycles. The zero-order valence-electron chi connectivity index (χ0n) is 14.9. The molecule has 5 nitrogen and oxygen atoms in total. The number of likely N-dealkylation sites (N-methyl/N-ethyl adjacent to an activating group) is 1. The summed E-state index contributed by atoms with van der Waals surface area (Å²) in [7, 11) is 1.51. The maximum Gasteiger partial charge on any atom is 0.251 e. The van der Waals surface area contributed by atoms with Gasteiger partial charge in [-0.15, -0.1) is 0 Å². The topological polar surface area (TPSA) is 75.3 Å². The summed E-state index contributed by atoms with van der Waals surface area (Å²) >= 11 is 0. The number of ketones is 1. The van der Waals surface area contributed by atoms with Crippen LogP contribution in [-0.4, -0.2) is 30.7 Å². The Morgan fingerprint density at radius 3 is 2.27 bits per heavy atom. The van der Waals surface area contributed by atoms with Crippen molar-refractivity contribution in [1.82, 2.24) is 10.6 Å². The quantitative estimate of drug-likeness (QED) is 0.782. The number of Topliss-reactive ketones (excluding diaryl/α,β-unsaturated/α-hetero) is 1. The Morgan fingerprint density at radius 1 is 1.08 bits per heavy atom. The van der Waals surface area contributed by atoms with Gasteiger partial charge in [0, 0.05) is 18.2 Å². The third-order valence-corrected chi connectivity index (χ3v) is 4.10. The van der Waals surface area contributed by atoms with Crippen LogP contribution in [0, 0.1) is 5.82 Å². The van der Waals surface area contributed by atoms with Gasteiger partial charge in [-0.25, -0.2) is 4.39 Å². The van der Waals surface area contributed by atoms with E-state index in [1.807, 2.05) is 0 Å². The Bertz CT molecular complexity index is 831. The molecule has 0 aliphatic rings. The van der Waals surface area contributed by atoms with Crippen molar-refractivity contribution in [2.45, 2.75) is 26.3 Å². The molecule has 2 N–H and O–H groups in total. The van der Waals surface area contributed by atoms with Crippen molar-refractivity contribution < 1.29 is 18.8 Å². The fraction of sp³-hybridized carbons (Fsp3) is 0.250. The molecule has 2 amide bonds. The first-order valence-corrected chi connectivity index (χ1v) is 8.30. The molecule has 2 aromatic rings. The van der Waals surface area contributed by atoms with E-state index in [0.717, 1.165) is 0 Å². The average Bonchev–Trinajstić information content (AvgIpc) is 2.65. The van der Waals surface area contributed by atoms with E-state index >= 15 is 0 Å². The Hall–Kier alpha value is -3.02. The van der Waals surface area contributed by atoms with E-state index < -0.39 is 11.9 Å². The number of rotatable bonds is 6. The highest BCUT2D eigenvalue weighted by Crippen LogP contribution is 2.25. The lowest BCUT2D eigenvalue weighted by atomic mass is 9.96. The highest BCUT2D eigenvalue weighted by Gasteiger charge is 2.18. The number of hydrogen-bond acceptors (Lipinski definition) is 3. The number of carbonyl (C=O) groups is 3. The van der Waals surface area contributed by atoms with Gasteiger partial charge >= 0.3 is 0 Å². The van der Waals surface area contributed by atoms with Gasteiger partial charge < -0.3 is 10.6 Å². The minimum absolute atomic E-state index is 0.168. The van der Waals surface area contributed by atoms with Crippen molar-refractivity contribution in [3.63, 3.8) is 0 Å². The number of nitrogens with one attached hydrogen (secondary N) is 2. The van der Waals surface area contributed by atoms with Crippen LogP contribution in [0.4, 0.5) is 4.39 Å². The molecule has 0 spiro atoms. The van der Waals surface area contributed by atoms with E-state index in [-0.39, 0.29) is 17.6 Å². The first-order chi connectivity index (χ1) is 12.4. The minimum atomic E-state index is -0.611. The molecule has 136 valence electrons. The normalized spacial score (nSPS) is 11.5. The summed E-state index contributed by atoms with van der Waals surface area (Å²) in [6, 6.07) is 9.83. The Morgan fingerprint density at radius 2 is 1.73 bits per heavy atom. The molecule has 6 heteroatoms. The number of carbonyl (C=O) groups excluding carboxylic acids is 3. The van der Waals surface area contributed by atoms with E-state index in [4.69, 9.17) is 0 Å². The van der Waals surface area contributed by atoms with Crippen LogP contribution in [0.3, 0.4) is 0 Å². The molecule has 0 aromatic heterocycles. The lowest BCUT2D eigenvalue weighted by molar-refractivity contribution is -0.122. The molecule has 0 heterocycles. The zero-order valence-corrected chi connectivity index (χ0v) is 14.9. The fourth-order valence-corrected chi connectivity index (χ4v) is 2.63. The largest absolute Gasteiger partial charge is 0.357 e. The Balaban J connectivity index is 2.26. The summed E-state index contributed by atoms with van der Waals surface area (Å²) in [4.78, 5) is 35.7. The van der Waals surface area contributed by atoms with E-state index in [0.29, 0.717) is 28.7 Å². The molecule has 2 rings (SSSR count). The Labute approximate surface area is 151 Å². The summed E-state index contributed by atoms with van der Waals surface area (Å²) < 4.78 is 13.6. The molecule has 0 fully saturated rings. The van der Waals surface area contributed by atoms with Crippen LogP contribution in [0.1, 0.15) is 41.0 Å². The lowest BCUT2D eigenvalue weighted by Crippen LogP contribution is -2.45. The summed E-state index contributed by atoms with van der Waals surface area (Å²) in [5, 5.41) is 5.17. The zero-order chi connectivity index (χ0) is 19.3. The number of halogens is 1. The molecule has 0 unspecified atom stereocenters. The van der Waals surface area contributed by atoms with Crippen LogP contribution in [0.2, 0.25) is 0 Å². The smallest absolute Gasteiger partial charge is 0.251 e. The van der Waals surface area contributed by atoms with E-state index in [2.05, 4.69) is 10.6 Å². The first-order valence-electron chi connectivity index (χ1n) is 8.30. The van der Waals surface area contributed by atoms with Gasteiger partial charge in [-0.1, -0.05) is 19.1 Å². The third kappa shape index (κ3) is 4.33. The average molecular weight is 356 g/mol. The minimum Gasteiger partial charge on any atom is -0.357 e. The van der Waals surface area contributed by atoms with Crippen molar-refractivity contribution in [2.24, 2.45) is 0 Å². The van der Waals surface area contributed by atoms with Crippen LogP contribution in [0.15, 0.2) is 42.5 Å². The lowest BCUT2D eigenvalue weighted by Gasteiger charge is -2.15. The Kier molecular flexibility index (Phi) is 6.22. The molecule has 0 bridgehead atoms. The van der Waals surface area contributed by atoms with Crippen LogP contribution in [0.5, 0.6) is 0 Å². The molecule has 0 radical (unpaired) electrons. The first kappa shape index (κ1) is 19.3. The fourth-order valence-electron chi connectivity index (χ4n) is 2.63.